The molecular formula is C34H46N4O11. The Labute approximate surface area is 285 Å². The molecule has 4 fully saturated rings. The predicted octanol–water partition coefficient (Wildman–Crippen LogP) is 0.904. The molecular weight excluding hydrogens is 640 g/mol. The number of carbonyl (C=O) groups excluding carboxylic acids is 6. The van der Waals surface area contributed by atoms with E-state index in [1.165, 1.54) is 32.3 Å². The number of carbonyl (C=O) groups is 6. The second-order valence-corrected chi connectivity index (χ2v) is 10.9. The van der Waals surface area contributed by atoms with E-state index in [2.05, 4.69) is 29.1 Å². The Morgan fingerprint density at radius 2 is 1.53 bits per heavy atom. The number of benzene rings is 1. The lowest BCUT2D eigenvalue weighted by atomic mass is 10.1. The molecule has 0 bridgehead atoms. The van der Waals surface area contributed by atoms with E-state index >= 15 is 0 Å². The Kier molecular flexibility index (Phi) is 16.5. The summed E-state index contributed by atoms with van der Waals surface area (Å²) in [7, 11) is 4.56. The van der Waals surface area contributed by atoms with Crippen LogP contribution in [0.1, 0.15) is 38.2 Å². The molecule has 4 aliphatic rings. The van der Waals surface area contributed by atoms with Gasteiger partial charge >= 0.3 is 5.97 Å². The standard InChI is InChI=1S/C17H19NO5.C7H11NO3.C5H9NO2.C5H7NO/c1-11-7-8-18(17(11)20)15(19)6-5-12-9-13(21-2)16(23-4)14(10-12)22-3;1-2-11-7(10)5-3-4-8-6(5)9;7-3-4-1-2-6-5(4)8;1-4-2-3-6-5(4)7/h5-6,9-10H,1,7-8H2,2-4H3;5H,2-4H2,1H3,(H,8,9);4,7H,1-3H2,(H,6,8);1-3H2,(H,6,7)/b6-5+;;;. The van der Waals surface area contributed by atoms with Crippen molar-refractivity contribution in [2.75, 3.05) is 60.7 Å². The number of hydrogen-bond donors (Lipinski definition) is 4. The summed E-state index contributed by atoms with van der Waals surface area (Å²) in [6.45, 7) is 11.7. The lowest BCUT2D eigenvalue weighted by Crippen LogP contribution is -2.30. The molecule has 49 heavy (non-hydrogen) atoms. The van der Waals surface area contributed by atoms with E-state index in [4.69, 9.17) is 24.1 Å². The highest BCUT2D eigenvalue weighted by molar-refractivity contribution is 6.10. The van der Waals surface area contributed by atoms with Crippen molar-refractivity contribution in [3.05, 3.63) is 48.1 Å². The third kappa shape index (κ3) is 11.8. The van der Waals surface area contributed by atoms with Gasteiger partial charge in [0.1, 0.15) is 5.92 Å². The van der Waals surface area contributed by atoms with E-state index in [0.29, 0.717) is 66.5 Å². The predicted molar refractivity (Wildman–Crippen MR) is 178 cm³/mol. The van der Waals surface area contributed by atoms with E-state index in [-0.39, 0.29) is 42.1 Å². The van der Waals surface area contributed by atoms with E-state index in [1.54, 1.807) is 25.1 Å². The molecule has 1 aromatic carbocycles. The van der Waals surface area contributed by atoms with Crippen LogP contribution in [0.25, 0.3) is 6.08 Å². The summed E-state index contributed by atoms with van der Waals surface area (Å²) in [5.41, 5.74) is 1.86. The molecule has 0 aliphatic carbocycles. The SMILES string of the molecule is C=C1CCN(C(=O)/C=C/c2cc(OC)c(OC)c(OC)c2)C1=O.C=C1CCNC1=O.CCOC(=O)C1CCNC1=O.O=C1NCCC1CO. The number of esters is 1. The summed E-state index contributed by atoms with van der Waals surface area (Å²) in [6, 6.07) is 3.44. The van der Waals surface area contributed by atoms with Gasteiger partial charge in [0.25, 0.3) is 11.8 Å². The third-order valence-electron chi connectivity index (χ3n) is 7.59. The van der Waals surface area contributed by atoms with Crippen molar-refractivity contribution >= 4 is 41.6 Å². The molecule has 4 N–H and O–H groups in total. The maximum Gasteiger partial charge on any atom is 0.318 e. The number of ether oxygens (including phenoxy) is 4. The van der Waals surface area contributed by atoms with Crippen molar-refractivity contribution in [3.63, 3.8) is 0 Å². The number of likely N-dealkylation sites (tertiary alicyclic amines) is 1. The normalized spacial score (nSPS) is 19.4. The number of rotatable bonds is 8. The molecule has 0 saturated carbocycles. The highest BCUT2D eigenvalue weighted by Crippen LogP contribution is 2.38. The molecule has 4 heterocycles. The molecule has 268 valence electrons. The van der Waals surface area contributed by atoms with Gasteiger partial charge in [0.15, 0.2) is 11.5 Å². The van der Waals surface area contributed by atoms with Gasteiger partial charge < -0.3 is 40.0 Å². The van der Waals surface area contributed by atoms with Gasteiger partial charge in [0.05, 0.1) is 40.5 Å². The van der Waals surface area contributed by atoms with Crippen LogP contribution in [0.5, 0.6) is 17.2 Å². The van der Waals surface area contributed by atoms with Crippen LogP contribution in [-0.4, -0.2) is 106 Å². The topological polar surface area (TPSA) is 199 Å². The fourth-order valence-electron chi connectivity index (χ4n) is 4.76. The van der Waals surface area contributed by atoms with Gasteiger partial charge in [0, 0.05) is 43.4 Å². The molecule has 2 atom stereocenters. The Morgan fingerprint density at radius 1 is 0.898 bits per heavy atom. The van der Waals surface area contributed by atoms with Crippen molar-refractivity contribution in [3.8, 4) is 17.2 Å². The first-order valence-corrected chi connectivity index (χ1v) is 15.7. The summed E-state index contributed by atoms with van der Waals surface area (Å²) < 4.78 is 20.5. The molecule has 15 heteroatoms. The van der Waals surface area contributed by atoms with Crippen LogP contribution in [0.4, 0.5) is 0 Å². The zero-order valence-corrected chi connectivity index (χ0v) is 28.4. The van der Waals surface area contributed by atoms with Crippen LogP contribution < -0.4 is 30.2 Å². The van der Waals surface area contributed by atoms with Crippen LogP contribution in [0.15, 0.2) is 42.5 Å². The molecule has 0 aromatic heterocycles. The number of hydrogen-bond acceptors (Lipinski definition) is 11. The monoisotopic (exact) mass is 686 g/mol. The van der Waals surface area contributed by atoms with E-state index in [9.17, 15) is 28.8 Å². The molecule has 0 spiro atoms. The van der Waals surface area contributed by atoms with Crippen LogP contribution in [-0.2, 0) is 33.5 Å². The molecule has 5 rings (SSSR count). The Morgan fingerprint density at radius 3 is 1.90 bits per heavy atom. The summed E-state index contributed by atoms with van der Waals surface area (Å²) in [5.74, 6) is -0.519. The maximum atomic E-state index is 12.1. The van der Waals surface area contributed by atoms with Gasteiger partial charge in [-0.05, 0) is 56.4 Å². The minimum absolute atomic E-state index is 0.00694. The van der Waals surface area contributed by atoms with Crippen LogP contribution in [0.3, 0.4) is 0 Å². The van der Waals surface area contributed by atoms with Crippen LogP contribution in [0, 0.1) is 11.8 Å². The molecule has 0 radical (unpaired) electrons. The summed E-state index contributed by atoms with van der Waals surface area (Å²) >= 11 is 0. The number of nitrogens with one attached hydrogen (secondary N) is 3. The minimum atomic E-state index is -0.560. The average Bonchev–Trinajstić information content (AvgIpc) is 3.90. The van der Waals surface area contributed by atoms with E-state index < -0.39 is 11.9 Å². The molecule has 1 aromatic rings. The van der Waals surface area contributed by atoms with Crippen molar-refractivity contribution in [2.45, 2.75) is 32.6 Å². The quantitative estimate of drug-likeness (QED) is 0.172. The Bertz CT molecular complexity index is 1400. The lowest BCUT2D eigenvalue weighted by molar-refractivity contribution is -0.150. The van der Waals surface area contributed by atoms with E-state index in [0.717, 1.165) is 25.9 Å². The smallest absolute Gasteiger partial charge is 0.318 e. The summed E-state index contributed by atoms with van der Waals surface area (Å²) in [5, 5.41) is 16.3. The average molecular weight is 687 g/mol. The summed E-state index contributed by atoms with van der Waals surface area (Å²) in [6.07, 6.45) is 5.63. The van der Waals surface area contributed by atoms with Crippen LogP contribution >= 0.6 is 0 Å². The number of aliphatic hydroxyl groups is 1. The first kappa shape index (κ1) is 40.0. The van der Waals surface area contributed by atoms with Crippen molar-refractivity contribution in [1.29, 1.82) is 0 Å². The number of amides is 5. The first-order valence-electron chi connectivity index (χ1n) is 15.7. The zero-order valence-electron chi connectivity index (χ0n) is 28.4. The first-order chi connectivity index (χ1) is 23.4. The molecule has 2 unspecified atom stereocenters. The Hall–Kier alpha value is -5.18. The second kappa shape index (κ2) is 20.2. The number of nitrogens with zero attached hydrogens (tertiary/aromatic N) is 1. The van der Waals surface area contributed by atoms with Gasteiger partial charge in [-0.15, -0.1) is 0 Å². The number of imide groups is 1. The second-order valence-electron chi connectivity index (χ2n) is 10.9. The summed E-state index contributed by atoms with van der Waals surface area (Å²) in [4.78, 5) is 67.8. The lowest BCUT2D eigenvalue weighted by Gasteiger charge is -2.13. The zero-order chi connectivity index (χ0) is 36.5. The third-order valence-corrected chi connectivity index (χ3v) is 7.59. The Balaban J connectivity index is 0.000000262. The molecule has 5 amide bonds. The molecule has 4 aliphatic heterocycles. The fraction of sp³-hybridized carbons (Fsp3) is 0.471. The van der Waals surface area contributed by atoms with Crippen molar-refractivity contribution in [1.82, 2.24) is 20.9 Å². The van der Waals surface area contributed by atoms with Crippen LogP contribution in [0.2, 0.25) is 0 Å². The van der Waals surface area contributed by atoms with E-state index in [1.807, 2.05) is 0 Å². The van der Waals surface area contributed by atoms with Gasteiger partial charge in [-0.25, -0.2) is 0 Å². The highest BCUT2D eigenvalue weighted by Gasteiger charge is 2.32. The van der Waals surface area contributed by atoms with Crippen molar-refractivity contribution in [2.24, 2.45) is 11.8 Å². The highest BCUT2D eigenvalue weighted by atomic mass is 16.5. The van der Waals surface area contributed by atoms with Gasteiger partial charge in [-0.1, -0.05) is 13.2 Å². The maximum absolute atomic E-state index is 12.1. The van der Waals surface area contributed by atoms with Gasteiger partial charge in [-0.2, -0.15) is 0 Å². The molecule has 4 saturated heterocycles. The molecule has 15 nitrogen and oxygen atoms in total. The fourth-order valence-corrected chi connectivity index (χ4v) is 4.76. The minimum Gasteiger partial charge on any atom is -0.493 e. The van der Waals surface area contributed by atoms with Gasteiger partial charge in [0.2, 0.25) is 23.5 Å². The number of aliphatic hydroxyl groups excluding tert-OH is 1. The largest absolute Gasteiger partial charge is 0.493 e. The number of methoxy groups -OCH3 is 3. The van der Waals surface area contributed by atoms with Crippen molar-refractivity contribution < 1.29 is 52.8 Å². The van der Waals surface area contributed by atoms with Gasteiger partial charge in [-0.3, -0.25) is 33.7 Å².